The maximum Gasteiger partial charge on any atom is 0.0274 e. The molecule has 1 aliphatic rings. The van der Waals surface area contributed by atoms with Crippen LogP contribution in [0.3, 0.4) is 0 Å². The molecule has 2 N–H and O–H groups in total. The highest BCUT2D eigenvalue weighted by molar-refractivity contribution is 7.12. The van der Waals surface area contributed by atoms with Gasteiger partial charge < -0.3 is 5.73 Å². The number of hydrogen-bond donors (Lipinski definition) is 1. The van der Waals surface area contributed by atoms with Gasteiger partial charge in [-0.3, -0.25) is 4.90 Å². The first-order valence-corrected chi connectivity index (χ1v) is 5.77. The highest BCUT2D eigenvalue weighted by Crippen LogP contribution is 2.22. The van der Waals surface area contributed by atoms with Gasteiger partial charge in [0.1, 0.15) is 0 Å². The summed E-state index contributed by atoms with van der Waals surface area (Å²) in [6, 6.07) is 2.25. The Balaban J connectivity index is 2.04. The molecule has 76 valence electrons. The molecule has 2 heterocycles. The molecule has 0 unspecified atom stereocenters. The fourth-order valence-electron chi connectivity index (χ4n) is 1.74. The minimum atomic E-state index is 0.670. The van der Waals surface area contributed by atoms with Crippen molar-refractivity contribution in [1.29, 1.82) is 0 Å². The number of hydrogen-bond acceptors (Lipinski definition) is 3. The van der Waals surface area contributed by atoms with Gasteiger partial charge in [0.25, 0.3) is 0 Å². The van der Waals surface area contributed by atoms with Crippen molar-refractivity contribution >= 4 is 11.3 Å². The number of rotatable bonds is 3. The first kappa shape index (κ1) is 9.90. The van der Waals surface area contributed by atoms with E-state index in [0.29, 0.717) is 6.54 Å². The number of thiophene rings is 1. The van der Waals surface area contributed by atoms with E-state index in [1.807, 2.05) is 11.3 Å². The minimum Gasteiger partial charge on any atom is -0.326 e. The zero-order valence-corrected chi connectivity index (χ0v) is 9.31. The van der Waals surface area contributed by atoms with Gasteiger partial charge in [0.15, 0.2) is 0 Å². The summed E-state index contributed by atoms with van der Waals surface area (Å²) in [5.74, 6) is 0. The Morgan fingerprint density at radius 2 is 2.14 bits per heavy atom. The van der Waals surface area contributed by atoms with Crippen LogP contribution in [-0.4, -0.2) is 18.0 Å². The Morgan fingerprint density at radius 3 is 2.71 bits per heavy atom. The van der Waals surface area contributed by atoms with Crippen LogP contribution in [0.2, 0.25) is 0 Å². The Labute approximate surface area is 89.0 Å². The first-order valence-electron chi connectivity index (χ1n) is 4.95. The second-order valence-corrected chi connectivity index (χ2v) is 5.00. The first-order chi connectivity index (χ1) is 6.79. The van der Waals surface area contributed by atoms with Crippen molar-refractivity contribution in [3.8, 4) is 0 Å². The van der Waals surface area contributed by atoms with Crippen LogP contribution in [0.5, 0.6) is 0 Å². The van der Waals surface area contributed by atoms with Gasteiger partial charge in [-0.05, 0) is 18.6 Å². The summed E-state index contributed by atoms with van der Waals surface area (Å²) in [5, 5.41) is 0. The van der Waals surface area contributed by atoms with Gasteiger partial charge in [-0.2, -0.15) is 0 Å². The number of nitrogens with zero attached hydrogens (tertiary/aromatic N) is 1. The Bertz CT molecular complexity index is 333. The molecule has 2 nitrogen and oxygen atoms in total. The van der Waals surface area contributed by atoms with Crippen LogP contribution in [0.25, 0.3) is 0 Å². The van der Waals surface area contributed by atoms with E-state index in [2.05, 4.69) is 30.0 Å². The molecule has 14 heavy (non-hydrogen) atoms. The highest BCUT2D eigenvalue weighted by atomic mass is 32.1. The van der Waals surface area contributed by atoms with Gasteiger partial charge >= 0.3 is 0 Å². The lowest BCUT2D eigenvalue weighted by Crippen LogP contribution is -2.19. The van der Waals surface area contributed by atoms with Gasteiger partial charge in [0.05, 0.1) is 0 Å². The molecule has 0 aromatic carbocycles. The summed E-state index contributed by atoms with van der Waals surface area (Å²) in [6.45, 7) is 6.10. The van der Waals surface area contributed by atoms with Crippen LogP contribution in [-0.2, 0) is 13.1 Å². The molecule has 1 aromatic heterocycles. The van der Waals surface area contributed by atoms with Crippen molar-refractivity contribution in [3.63, 3.8) is 0 Å². The van der Waals surface area contributed by atoms with Crippen molar-refractivity contribution in [2.45, 2.75) is 20.0 Å². The van der Waals surface area contributed by atoms with Crippen molar-refractivity contribution in [3.05, 3.63) is 33.5 Å². The monoisotopic (exact) mass is 208 g/mol. The quantitative estimate of drug-likeness (QED) is 0.769. The Morgan fingerprint density at radius 1 is 1.43 bits per heavy atom. The second kappa shape index (κ2) is 4.26. The lowest BCUT2D eigenvalue weighted by Gasteiger charge is -2.13. The molecule has 0 radical (unpaired) electrons. The zero-order valence-electron chi connectivity index (χ0n) is 8.49. The highest BCUT2D eigenvalue weighted by Gasteiger charge is 2.10. The van der Waals surface area contributed by atoms with Gasteiger partial charge in [0.2, 0.25) is 0 Å². The topological polar surface area (TPSA) is 29.3 Å². The summed E-state index contributed by atoms with van der Waals surface area (Å²) in [5.41, 5.74) is 7.07. The average Bonchev–Trinajstić information content (AvgIpc) is 2.78. The molecule has 1 aliphatic heterocycles. The third-order valence-electron chi connectivity index (χ3n) is 2.56. The van der Waals surface area contributed by atoms with E-state index < -0.39 is 0 Å². The van der Waals surface area contributed by atoms with Crippen LogP contribution in [0.1, 0.15) is 15.3 Å². The molecular formula is C11H16N2S. The fourth-order valence-corrected chi connectivity index (χ4v) is 2.67. The number of nitrogens with two attached hydrogens (primary N) is 1. The van der Waals surface area contributed by atoms with E-state index in [1.54, 1.807) is 0 Å². The molecule has 1 aromatic rings. The van der Waals surface area contributed by atoms with Crippen molar-refractivity contribution in [1.82, 2.24) is 4.90 Å². The standard InChI is InChI=1S/C11H16N2S/c1-9-10(6-11(7-12)14-9)8-13-4-2-3-5-13/h2-3,6H,4-5,7-8,12H2,1H3. The van der Waals surface area contributed by atoms with Gasteiger partial charge in [-0.15, -0.1) is 11.3 Å². The molecule has 0 saturated carbocycles. The molecule has 0 bridgehead atoms. The average molecular weight is 208 g/mol. The van der Waals surface area contributed by atoms with Crippen LogP contribution in [0, 0.1) is 6.92 Å². The molecule has 2 rings (SSSR count). The predicted octanol–water partition coefficient (Wildman–Crippen LogP) is 1.89. The van der Waals surface area contributed by atoms with Crippen LogP contribution < -0.4 is 5.73 Å². The van der Waals surface area contributed by atoms with E-state index in [0.717, 1.165) is 19.6 Å². The molecular weight excluding hydrogens is 192 g/mol. The maximum absolute atomic E-state index is 5.62. The molecule has 3 heteroatoms. The Hall–Kier alpha value is -0.640. The summed E-state index contributed by atoms with van der Waals surface area (Å²) >= 11 is 1.83. The lowest BCUT2D eigenvalue weighted by atomic mass is 10.2. The van der Waals surface area contributed by atoms with Gasteiger partial charge in [0, 0.05) is 35.9 Å². The van der Waals surface area contributed by atoms with Crippen molar-refractivity contribution in [2.24, 2.45) is 5.73 Å². The molecule has 0 saturated heterocycles. The third kappa shape index (κ3) is 2.05. The maximum atomic E-state index is 5.62. The van der Waals surface area contributed by atoms with Gasteiger partial charge in [-0.1, -0.05) is 12.2 Å². The molecule has 0 atom stereocenters. The summed E-state index contributed by atoms with van der Waals surface area (Å²) in [7, 11) is 0. The predicted molar refractivity (Wildman–Crippen MR) is 61.4 cm³/mol. The van der Waals surface area contributed by atoms with E-state index in [1.165, 1.54) is 15.3 Å². The van der Waals surface area contributed by atoms with Crippen LogP contribution >= 0.6 is 11.3 Å². The van der Waals surface area contributed by atoms with E-state index in [4.69, 9.17) is 5.73 Å². The molecule has 0 fully saturated rings. The summed E-state index contributed by atoms with van der Waals surface area (Å²) < 4.78 is 0. The van der Waals surface area contributed by atoms with Crippen molar-refractivity contribution < 1.29 is 0 Å². The van der Waals surface area contributed by atoms with E-state index >= 15 is 0 Å². The molecule has 0 aliphatic carbocycles. The minimum absolute atomic E-state index is 0.670. The van der Waals surface area contributed by atoms with Gasteiger partial charge in [-0.25, -0.2) is 0 Å². The summed E-state index contributed by atoms with van der Waals surface area (Å²) in [6.07, 6.45) is 4.46. The SMILES string of the molecule is Cc1sc(CN)cc1CN1CC=CC1. The normalized spacial score (nSPS) is 16.7. The van der Waals surface area contributed by atoms with Crippen molar-refractivity contribution in [2.75, 3.05) is 13.1 Å². The van der Waals surface area contributed by atoms with E-state index in [-0.39, 0.29) is 0 Å². The molecule has 0 spiro atoms. The second-order valence-electron chi connectivity index (χ2n) is 3.66. The fraction of sp³-hybridized carbons (Fsp3) is 0.455. The Kier molecular flexibility index (Phi) is 3.01. The van der Waals surface area contributed by atoms with E-state index in [9.17, 15) is 0 Å². The third-order valence-corrected chi connectivity index (χ3v) is 3.68. The largest absolute Gasteiger partial charge is 0.326 e. The smallest absolute Gasteiger partial charge is 0.0274 e. The van der Waals surface area contributed by atoms with Crippen LogP contribution in [0.4, 0.5) is 0 Å². The van der Waals surface area contributed by atoms with Crippen LogP contribution in [0.15, 0.2) is 18.2 Å². The number of aryl methyl sites for hydroxylation is 1. The summed E-state index contributed by atoms with van der Waals surface area (Å²) in [4.78, 5) is 5.14. The zero-order chi connectivity index (χ0) is 9.97. The molecule has 0 amide bonds. The lowest BCUT2D eigenvalue weighted by molar-refractivity contribution is 0.345.